The van der Waals surface area contributed by atoms with E-state index < -0.39 is 0 Å². The van der Waals surface area contributed by atoms with Crippen LogP contribution in [0.3, 0.4) is 0 Å². The summed E-state index contributed by atoms with van der Waals surface area (Å²) in [6.07, 6.45) is 7.57. The Balaban J connectivity index is 1.68. The zero-order chi connectivity index (χ0) is 24.1. The smallest absolute Gasteiger partial charge is 0.186 e. The van der Waals surface area contributed by atoms with Gasteiger partial charge >= 0.3 is 0 Å². The van der Waals surface area contributed by atoms with Crippen molar-refractivity contribution in [1.29, 1.82) is 0 Å². The van der Waals surface area contributed by atoms with Gasteiger partial charge in [-0.2, -0.15) is 0 Å². The standard InChI is InChI=1S/C29H38O4/c1-16-12-22-26(3,15-21(16)32)8-10-29(6)23-14-19(30)24-17(2)25(33-7)20(31)13-18(24)27(23,4)9-11-28(22,29)5/h13-14,16,22,31H,8-12,15H2,1-7H3/t16-,22-,26+,27+,28+,29-/m1/s1. The van der Waals surface area contributed by atoms with Gasteiger partial charge in [-0.3, -0.25) is 9.59 Å². The van der Waals surface area contributed by atoms with Gasteiger partial charge < -0.3 is 9.84 Å². The molecule has 0 unspecified atom stereocenters. The molecule has 6 atom stereocenters. The van der Waals surface area contributed by atoms with Crippen LogP contribution < -0.4 is 4.74 Å². The van der Waals surface area contributed by atoms with E-state index in [0.29, 0.717) is 29.4 Å². The van der Waals surface area contributed by atoms with Gasteiger partial charge in [-0.1, -0.05) is 34.6 Å². The minimum atomic E-state index is -0.296. The van der Waals surface area contributed by atoms with Crippen molar-refractivity contribution in [2.75, 3.05) is 7.11 Å². The van der Waals surface area contributed by atoms with Crippen LogP contribution in [0.25, 0.3) is 0 Å². The molecule has 1 aromatic rings. The predicted molar refractivity (Wildman–Crippen MR) is 129 cm³/mol. The number of hydrogen-bond donors (Lipinski definition) is 1. The number of aromatic hydroxyl groups is 1. The number of rotatable bonds is 1. The first-order valence-corrected chi connectivity index (χ1v) is 12.5. The number of fused-ring (bicyclic) bond motifs is 7. The predicted octanol–water partition coefficient (Wildman–Crippen LogP) is 6.31. The van der Waals surface area contributed by atoms with Crippen molar-refractivity contribution in [1.82, 2.24) is 0 Å². The maximum atomic E-state index is 13.6. The van der Waals surface area contributed by atoms with Crippen LogP contribution in [0.4, 0.5) is 0 Å². The number of carbonyl (C=O) groups excluding carboxylic acids is 2. The maximum absolute atomic E-state index is 13.6. The molecule has 4 nitrogen and oxygen atoms in total. The van der Waals surface area contributed by atoms with Crippen molar-refractivity contribution in [2.24, 2.45) is 28.1 Å². The lowest BCUT2D eigenvalue weighted by Gasteiger charge is -2.69. The van der Waals surface area contributed by atoms with Gasteiger partial charge in [0.15, 0.2) is 17.3 Å². The maximum Gasteiger partial charge on any atom is 0.186 e. The number of carbonyl (C=O) groups is 2. The number of benzene rings is 1. The molecule has 4 heteroatoms. The number of ether oxygens (including phenoxy) is 1. The molecule has 0 radical (unpaired) electrons. The third-order valence-corrected chi connectivity index (χ3v) is 10.9. The summed E-state index contributed by atoms with van der Waals surface area (Å²) in [5.41, 5.74) is 3.26. The summed E-state index contributed by atoms with van der Waals surface area (Å²) in [5, 5.41) is 10.7. The molecule has 0 saturated heterocycles. The summed E-state index contributed by atoms with van der Waals surface area (Å²) in [6, 6.07) is 1.78. The Bertz CT molecular complexity index is 1120. The van der Waals surface area contributed by atoms with Gasteiger partial charge in [-0.15, -0.1) is 0 Å². The molecule has 0 aromatic heterocycles. The molecule has 4 aliphatic carbocycles. The van der Waals surface area contributed by atoms with Crippen LogP contribution in [-0.4, -0.2) is 23.8 Å². The summed E-state index contributed by atoms with van der Waals surface area (Å²) in [4.78, 5) is 26.3. The van der Waals surface area contributed by atoms with E-state index in [0.717, 1.165) is 43.2 Å². The molecule has 0 aliphatic heterocycles. The van der Waals surface area contributed by atoms with Crippen LogP contribution in [0.1, 0.15) is 94.6 Å². The molecule has 4 aliphatic rings. The topological polar surface area (TPSA) is 63.6 Å². The van der Waals surface area contributed by atoms with E-state index in [2.05, 4.69) is 34.6 Å². The van der Waals surface area contributed by atoms with Crippen LogP contribution in [0.2, 0.25) is 0 Å². The van der Waals surface area contributed by atoms with E-state index in [1.807, 2.05) is 13.0 Å². The van der Waals surface area contributed by atoms with Crippen LogP contribution in [0.15, 0.2) is 17.7 Å². The van der Waals surface area contributed by atoms with E-state index in [1.54, 1.807) is 6.07 Å². The van der Waals surface area contributed by atoms with Gasteiger partial charge in [0.25, 0.3) is 0 Å². The number of ketones is 2. The molecule has 33 heavy (non-hydrogen) atoms. The second-order valence-corrected chi connectivity index (χ2v) is 12.5. The fourth-order valence-corrected chi connectivity index (χ4v) is 8.70. The highest BCUT2D eigenvalue weighted by Gasteiger charge is 2.66. The Morgan fingerprint density at radius 3 is 2.42 bits per heavy atom. The van der Waals surface area contributed by atoms with Crippen molar-refractivity contribution >= 4 is 11.6 Å². The van der Waals surface area contributed by atoms with Crippen molar-refractivity contribution in [3.8, 4) is 11.5 Å². The van der Waals surface area contributed by atoms with E-state index in [4.69, 9.17) is 4.74 Å². The van der Waals surface area contributed by atoms with Crippen molar-refractivity contribution < 1.29 is 19.4 Å². The average Bonchev–Trinajstić information content (AvgIpc) is 2.74. The SMILES string of the molecule is COc1c(O)cc2c(c1C)C(=O)C=C1[C@@]2(C)CC[C@@]2(C)[C@@H]3C[C@@H](C)C(=O)C[C@]3(C)CC[C@]12C. The first kappa shape index (κ1) is 22.7. The highest BCUT2D eigenvalue weighted by molar-refractivity contribution is 6.10. The van der Waals surface area contributed by atoms with Crippen molar-refractivity contribution in [3.05, 3.63) is 34.4 Å². The minimum absolute atomic E-state index is 0.0271. The fourth-order valence-electron chi connectivity index (χ4n) is 8.70. The summed E-state index contributed by atoms with van der Waals surface area (Å²) >= 11 is 0. The lowest BCUT2D eigenvalue weighted by atomic mass is 9.35. The van der Waals surface area contributed by atoms with Crippen molar-refractivity contribution in [2.45, 2.75) is 85.5 Å². The van der Waals surface area contributed by atoms with Gasteiger partial charge in [0.05, 0.1) is 7.11 Å². The summed E-state index contributed by atoms with van der Waals surface area (Å²) in [6.45, 7) is 13.4. The van der Waals surface area contributed by atoms with Gasteiger partial charge in [0.1, 0.15) is 5.78 Å². The monoisotopic (exact) mass is 450 g/mol. The number of hydrogen-bond acceptors (Lipinski definition) is 4. The van der Waals surface area contributed by atoms with Gasteiger partial charge in [0.2, 0.25) is 0 Å². The molecular weight excluding hydrogens is 412 g/mol. The van der Waals surface area contributed by atoms with Crippen LogP contribution in [-0.2, 0) is 10.2 Å². The highest BCUT2D eigenvalue weighted by atomic mass is 16.5. The second-order valence-electron chi connectivity index (χ2n) is 12.5. The summed E-state index contributed by atoms with van der Waals surface area (Å²) in [5.74, 6) is 1.53. The number of methoxy groups -OCH3 is 1. The van der Waals surface area contributed by atoms with E-state index in [9.17, 15) is 14.7 Å². The first-order valence-electron chi connectivity index (χ1n) is 12.5. The third-order valence-electron chi connectivity index (χ3n) is 10.9. The van der Waals surface area contributed by atoms with Crippen molar-refractivity contribution in [3.63, 3.8) is 0 Å². The lowest BCUT2D eigenvalue weighted by Crippen LogP contribution is -2.62. The van der Waals surface area contributed by atoms with Crippen LogP contribution >= 0.6 is 0 Å². The second kappa shape index (κ2) is 6.73. The Labute approximate surface area is 197 Å². The minimum Gasteiger partial charge on any atom is -0.504 e. The Morgan fingerprint density at radius 1 is 1.06 bits per heavy atom. The molecule has 3 saturated carbocycles. The van der Waals surface area contributed by atoms with Crippen LogP contribution in [0, 0.1) is 35.0 Å². The Hall–Kier alpha value is -2.10. The molecule has 0 spiro atoms. The average molecular weight is 451 g/mol. The summed E-state index contributed by atoms with van der Waals surface area (Å²) < 4.78 is 5.42. The highest BCUT2D eigenvalue weighted by Crippen LogP contribution is 2.73. The molecule has 1 aromatic carbocycles. The summed E-state index contributed by atoms with van der Waals surface area (Å²) in [7, 11) is 1.53. The van der Waals surface area contributed by atoms with E-state index >= 15 is 0 Å². The molecule has 1 N–H and O–H groups in total. The van der Waals surface area contributed by atoms with Crippen LogP contribution in [0.5, 0.6) is 11.5 Å². The quantitative estimate of drug-likeness (QED) is 0.544. The molecular formula is C29H38O4. The largest absolute Gasteiger partial charge is 0.504 e. The zero-order valence-electron chi connectivity index (χ0n) is 21.2. The Morgan fingerprint density at radius 2 is 1.76 bits per heavy atom. The van der Waals surface area contributed by atoms with E-state index in [1.165, 1.54) is 12.7 Å². The molecule has 3 fully saturated rings. The molecule has 0 bridgehead atoms. The van der Waals surface area contributed by atoms with Gasteiger partial charge in [0, 0.05) is 28.9 Å². The normalized spacial score (nSPS) is 42.0. The lowest BCUT2D eigenvalue weighted by molar-refractivity contribution is -0.160. The number of phenolic OH excluding ortho intramolecular Hbond substituents is 1. The third kappa shape index (κ3) is 2.64. The number of phenols is 1. The van der Waals surface area contributed by atoms with Gasteiger partial charge in [-0.25, -0.2) is 0 Å². The van der Waals surface area contributed by atoms with E-state index in [-0.39, 0.29) is 39.1 Å². The molecule has 0 amide bonds. The molecule has 0 heterocycles. The molecule has 5 rings (SSSR count). The van der Waals surface area contributed by atoms with Gasteiger partial charge in [-0.05, 0) is 84.5 Å². The fraction of sp³-hybridized carbons (Fsp3) is 0.655. The zero-order valence-corrected chi connectivity index (χ0v) is 21.2. The number of allylic oxidation sites excluding steroid dienone is 2. The molecule has 178 valence electrons. The number of Topliss-reactive ketones (excluding diaryl/α,β-unsaturated/α-hetero) is 1. The first-order chi connectivity index (χ1) is 15.3. The Kier molecular flexibility index (Phi) is 4.63.